The minimum absolute atomic E-state index is 0.0414. The molecule has 0 radical (unpaired) electrons. The zero-order chi connectivity index (χ0) is 18.8. The van der Waals surface area contributed by atoms with E-state index >= 15 is 0 Å². The van der Waals surface area contributed by atoms with Crippen LogP contribution in [0.2, 0.25) is 0 Å². The van der Waals surface area contributed by atoms with Crippen LogP contribution in [0.15, 0.2) is 0 Å². The molecule has 0 bridgehead atoms. The summed E-state index contributed by atoms with van der Waals surface area (Å²) < 4.78 is 19.8. The second-order valence-electron chi connectivity index (χ2n) is 6.26. The van der Waals surface area contributed by atoms with Crippen LogP contribution in [-0.2, 0) is 18.9 Å². The minimum atomic E-state index is -0.727. The van der Waals surface area contributed by atoms with Gasteiger partial charge in [0.15, 0.2) is 0 Å². The molecule has 1 unspecified atom stereocenters. The van der Waals surface area contributed by atoms with Crippen molar-refractivity contribution in [3.05, 3.63) is 0 Å². The summed E-state index contributed by atoms with van der Waals surface area (Å²) in [5.41, 5.74) is 0. The van der Waals surface area contributed by atoms with Crippen molar-refractivity contribution in [3.63, 3.8) is 0 Å². The van der Waals surface area contributed by atoms with Gasteiger partial charge in [0.1, 0.15) is 12.7 Å². The van der Waals surface area contributed by atoms with Gasteiger partial charge in [0.2, 0.25) is 0 Å². The lowest BCUT2D eigenvalue weighted by molar-refractivity contribution is -0.0113. The summed E-state index contributed by atoms with van der Waals surface area (Å²) >= 11 is 0. The minimum Gasteiger partial charge on any atom is -0.434 e. The molecule has 0 aromatic heterocycles. The van der Waals surface area contributed by atoms with Gasteiger partial charge in [-0.15, -0.1) is 0 Å². The molecule has 25 heavy (non-hydrogen) atoms. The molecule has 0 aliphatic heterocycles. The van der Waals surface area contributed by atoms with Crippen molar-refractivity contribution < 1.29 is 28.5 Å². The van der Waals surface area contributed by atoms with Crippen LogP contribution >= 0.6 is 0 Å². The predicted molar refractivity (Wildman–Crippen MR) is 96.7 cm³/mol. The molecule has 0 amide bonds. The van der Waals surface area contributed by atoms with Gasteiger partial charge in [-0.1, -0.05) is 65.2 Å². The number of ether oxygens (including phenoxy) is 4. The first kappa shape index (κ1) is 23.5. The smallest absolute Gasteiger partial charge is 0.434 e. The molecule has 0 aromatic rings. The molecule has 0 aromatic carbocycles. The summed E-state index contributed by atoms with van der Waals surface area (Å²) in [6.07, 6.45) is 8.83. The maximum Gasteiger partial charge on any atom is 0.508 e. The molecule has 0 aliphatic rings. The van der Waals surface area contributed by atoms with Crippen LogP contribution in [0.25, 0.3) is 0 Å². The first-order chi connectivity index (χ1) is 12.1. The standard InChI is InChI=1S/C19H36O6/c1-4-6-8-10-12-14-22-18(20)24-16-17(3)25-19(21)23-15-13-11-9-7-5-2/h17H,4-16H2,1-3H3. The molecule has 0 saturated carbocycles. The maximum atomic E-state index is 11.5. The maximum absolute atomic E-state index is 11.5. The third-order valence-corrected chi connectivity index (χ3v) is 3.67. The van der Waals surface area contributed by atoms with Gasteiger partial charge < -0.3 is 18.9 Å². The van der Waals surface area contributed by atoms with E-state index in [1.165, 1.54) is 25.7 Å². The number of hydrogen-bond acceptors (Lipinski definition) is 6. The van der Waals surface area contributed by atoms with Crippen LogP contribution in [0.5, 0.6) is 0 Å². The van der Waals surface area contributed by atoms with Crippen molar-refractivity contribution >= 4 is 12.3 Å². The highest BCUT2D eigenvalue weighted by Gasteiger charge is 2.13. The number of unbranched alkanes of at least 4 members (excludes halogenated alkanes) is 8. The molecule has 0 rings (SSSR count). The quantitative estimate of drug-likeness (QED) is 0.279. The Morgan fingerprint density at radius 2 is 1.16 bits per heavy atom. The van der Waals surface area contributed by atoms with Crippen molar-refractivity contribution in [2.75, 3.05) is 19.8 Å². The normalized spacial score (nSPS) is 11.6. The summed E-state index contributed by atoms with van der Waals surface area (Å²) in [4.78, 5) is 22.9. The van der Waals surface area contributed by atoms with Crippen molar-refractivity contribution in [2.24, 2.45) is 0 Å². The molecule has 0 spiro atoms. The molecule has 148 valence electrons. The zero-order valence-corrected chi connectivity index (χ0v) is 16.2. The van der Waals surface area contributed by atoms with Gasteiger partial charge in [0.25, 0.3) is 0 Å². The van der Waals surface area contributed by atoms with Crippen molar-refractivity contribution in [2.45, 2.75) is 91.1 Å². The van der Waals surface area contributed by atoms with Gasteiger partial charge in [0.05, 0.1) is 13.2 Å². The highest BCUT2D eigenvalue weighted by molar-refractivity contribution is 5.61. The SMILES string of the molecule is CCCCCCCOC(=O)OCC(C)OC(=O)OCCCCCCC. The Hall–Kier alpha value is -1.46. The Labute approximate surface area is 152 Å². The Morgan fingerprint density at radius 1 is 0.680 bits per heavy atom. The molecule has 1 atom stereocenters. The fourth-order valence-corrected chi connectivity index (χ4v) is 2.18. The molecular weight excluding hydrogens is 324 g/mol. The Balaban J connectivity index is 3.52. The van der Waals surface area contributed by atoms with Gasteiger partial charge >= 0.3 is 12.3 Å². The van der Waals surface area contributed by atoms with Crippen LogP contribution in [0, 0.1) is 0 Å². The first-order valence-corrected chi connectivity index (χ1v) is 9.73. The van der Waals surface area contributed by atoms with E-state index in [0.717, 1.165) is 38.5 Å². The number of carbonyl (C=O) groups excluding carboxylic acids is 2. The van der Waals surface area contributed by atoms with E-state index in [2.05, 4.69) is 13.8 Å². The van der Waals surface area contributed by atoms with E-state index in [1.807, 2.05) is 0 Å². The van der Waals surface area contributed by atoms with Gasteiger partial charge in [-0.3, -0.25) is 0 Å². The molecule has 0 fully saturated rings. The highest BCUT2D eigenvalue weighted by Crippen LogP contribution is 2.05. The molecule has 6 heteroatoms. The molecule has 0 N–H and O–H groups in total. The molecular formula is C19H36O6. The summed E-state index contributed by atoms with van der Waals surface area (Å²) in [5.74, 6) is 0. The first-order valence-electron chi connectivity index (χ1n) is 9.73. The second-order valence-corrected chi connectivity index (χ2v) is 6.26. The van der Waals surface area contributed by atoms with Gasteiger partial charge in [0, 0.05) is 0 Å². The van der Waals surface area contributed by atoms with Gasteiger partial charge in [-0.25, -0.2) is 9.59 Å². The largest absolute Gasteiger partial charge is 0.508 e. The lowest BCUT2D eigenvalue weighted by Crippen LogP contribution is -2.23. The average Bonchev–Trinajstić information content (AvgIpc) is 2.59. The predicted octanol–water partition coefficient (Wildman–Crippen LogP) is 5.62. The molecule has 6 nitrogen and oxygen atoms in total. The summed E-state index contributed by atoms with van der Waals surface area (Å²) in [7, 11) is 0. The van der Waals surface area contributed by atoms with E-state index in [-0.39, 0.29) is 6.61 Å². The third kappa shape index (κ3) is 17.2. The summed E-state index contributed by atoms with van der Waals surface area (Å²) in [6.45, 7) is 6.62. The average molecular weight is 360 g/mol. The fraction of sp³-hybridized carbons (Fsp3) is 0.895. The van der Waals surface area contributed by atoms with E-state index in [4.69, 9.17) is 18.9 Å². The van der Waals surface area contributed by atoms with Crippen molar-refractivity contribution in [3.8, 4) is 0 Å². The molecule has 0 saturated heterocycles. The van der Waals surface area contributed by atoms with E-state index in [0.29, 0.717) is 13.2 Å². The Morgan fingerprint density at radius 3 is 1.68 bits per heavy atom. The lowest BCUT2D eigenvalue weighted by Gasteiger charge is -2.13. The van der Waals surface area contributed by atoms with Crippen LogP contribution < -0.4 is 0 Å². The van der Waals surface area contributed by atoms with Crippen LogP contribution in [0.3, 0.4) is 0 Å². The van der Waals surface area contributed by atoms with Crippen LogP contribution in [0.1, 0.15) is 85.0 Å². The van der Waals surface area contributed by atoms with Crippen LogP contribution in [0.4, 0.5) is 9.59 Å². The highest BCUT2D eigenvalue weighted by atomic mass is 16.7. The van der Waals surface area contributed by atoms with Crippen molar-refractivity contribution in [1.82, 2.24) is 0 Å². The van der Waals surface area contributed by atoms with Gasteiger partial charge in [-0.05, 0) is 19.8 Å². The Kier molecular flexibility index (Phi) is 16.4. The fourth-order valence-electron chi connectivity index (χ4n) is 2.18. The Bertz CT molecular complexity index is 332. The number of carbonyl (C=O) groups is 2. The molecule has 0 aliphatic carbocycles. The third-order valence-electron chi connectivity index (χ3n) is 3.67. The monoisotopic (exact) mass is 360 g/mol. The second kappa shape index (κ2) is 17.4. The summed E-state index contributed by atoms with van der Waals surface area (Å²) in [6, 6.07) is 0. The van der Waals surface area contributed by atoms with E-state index in [9.17, 15) is 9.59 Å². The van der Waals surface area contributed by atoms with Crippen LogP contribution in [-0.4, -0.2) is 38.2 Å². The zero-order valence-electron chi connectivity index (χ0n) is 16.2. The van der Waals surface area contributed by atoms with E-state index in [1.54, 1.807) is 6.92 Å². The van der Waals surface area contributed by atoms with E-state index < -0.39 is 18.4 Å². The number of rotatable bonds is 15. The lowest BCUT2D eigenvalue weighted by atomic mass is 10.2. The summed E-state index contributed by atoms with van der Waals surface area (Å²) in [5, 5.41) is 0. The van der Waals surface area contributed by atoms with Gasteiger partial charge in [-0.2, -0.15) is 0 Å². The molecule has 0 heterocycles. The van der Waals surface area contributed by atoms with Crippen molar-refractivity contribution in [1.29, 1.82) is 0 Å². The topological polar surface area (TPSA) is 71.1 Å². The number of hydrogen-bond donors (Lipinski definition) is 0.